The van der Waals surface area contributed by atoms with Crippen molar-refractivity contribution in [3.63, 3.8) is 0 Å². The maximum absolute atomic E-state index is 10.1. The van der Waals surface area contributed by atoms with E-state index in [2.05, 4.69) is 4.99 Å². The van der Waals surface area contributed by atoms with Gasteiger partial charge >= 0.3 is 0 Å². The largest absolute Gasteiger partial charge is 0.459 e. The number of hydrogen-bond acceptors (Lipinski definition) is 6. The van der Waals surface area contributed by atoms with Gasteiger partial charge in [0, 0.05) is 26.1 Å². The molecule has 3 N–H and O–H groups in total. The molecule has 2 saturated carbocycles. The van der Waals surface area contributed by atoms with Crippen molar-refractivity contribution in [1.29, 1.82) is 0 Å². The van der Waals surface area contributed by atoms with Crippen LogP contribution in [0.15, 0.2) is 4.99 Å². The average molecular weight is 284 g/mol. The van der Waals surface area contributed by atoms with Crippen molar-refractivity contribution in [2.24, 2.45) is 16.8 Å². The molecule has 6 heteroatoms. The molecule has 1 heterocycles. The molecule has 0 aromatic rings. The molecule has 0 radical (unpaired) electrons. The summed E-state index contributed by atoms with van der Waals surface area (Å²) in [5.41, 5.74) is 0. The Morgan fingerprint density at radius 1 is 1.30 bits per heavy atom. The average Bonchev–Trinajstić information content (AvgIpc) is 2.82. The molecule has 2 fully saturated rings. The monoisotopic (exact) mass is 284 g/mol. The van der Waals surface area contributed by atoms with Crippen LogP contribution in [-0.4, -0.2) is 70.8 Å². The smallest absolute Gasteiger partial charge is 0.287 e. The predicted octanol–water partition coefficient (Wildman–Crippen LogP) is -0.424. The van der Waals surface area contributed by atoms with E-state index in [4.69, 9.17) is 4.74 Å². The Kier molecular flexibility index (Phi) is 3.88. The lowest BCUT2D eigenvalue weighted by Crippen LogP contribution is -2.52. The van der Waals surface area contributed by atoms with E-state index in [9.17, 15) is 15.3 Å². The van der Waals surface area contributed by atoms with Gasteiger partial charge in [-0.05, 0) is 25.2 Å². The molecular weight excluding hydrogens is 260 g/mol. The molecule has 0 aromatic carbocycles. The Morgan fingerprint density at radius 2 is 2.05 bits per heavy atom. The predicted molar refractivity (Wildman–Crippen MR) is 73.3 cm³/mol. The molecule has 1 aliphatic heterocycles. The summed E-state index contributed by atoms with van der Waals surface area (Å²) in [4.78, 5) is 6.46. The first-order valence-corrected chi connectivity index (χ1v) is 7.52. The Morgan fingerprint density at radius 3 is 2.65 bits per heavy atom. The number of rotatable bonds is 3. The van der Waals surface area contributed by atoms with Crippen molar-refractivity contribution in [3.8, 4) is 0 Å². The minimum atomic E-state index is -0.958. The van der Waals surface area contributed by atoms with Crippen molar-refractivity contribution < 1.29 is 20.1 Å². The van der Waals surface area contributed by atoms with Crippen molar-refractivity contribution >= 4 is 6.02 Å². The van der Waals surface area contributed by atoms with Crippen LogP contribution in [0.4, 0.5) is 0 Å². The highest BCUT2D eigenvalue weighted by Crippen LogP contribution is 2.34. The fourth-order valence-electron chi connectivity index (χ4n) is 3.36. The zero-order chi connectivity index (χ0) is 14.3. The van der Waals surface area contributed by atoms with Gasteiger partial charge < -0.3 is 25.0 Å². The zero-order valence-electron chi connectivity index (χ0n) is 11.9. The first-order chi connectivity index (χ1) is 9.60. The fourth-order valence-corrected chi connectivity index (χ4v) is 3.36. The van der Waals surface area contributed by atoms with E-state index in [1.807, 2.05) is 11.9 Å². The van der Waals surface area contributed by atoms with Gasteiger partial charge in [0.25, 0.3) is 6.02 Å². The summed E-state index contributed by atoms with van der Waals surface area (Å²) in [7, 11) is 1.96. The minimum absolute atomic E-state index is 0.141. The van der Waals surface area contributed by atoms with Gasteiger partial charge in [-0.15, -0.1) is 0 Å². The van der Waals surface area contributed by atoms with E-state index in [-0.39, 0.29) is 18.6 Å². The molecule has 114 valence electrons. The van der Waals surface area contributed by atoms with Crippen LogP contribution in [0.3, 0.4) is 0 Å². The molecular formula is C14H24N2O4. The molecule has 2 aliphatic carbocycles. The van der Waals surface area contributed by atoms with Crippen LogP contribution in [0, 0.1) is 11.8 Å². The second-order valence-corrected chi connectivity index (χ2v) is 6.40. The third-order valence-corrected chi connectivity index (χ3v) is 4.93. The van der Waals surface area contributed by atoms with Gasteiger partial charge in [0.15, 0.2) is 0 Å². The van der Waals surface area contributed by atoms with Crippen LogP contribution in [0.2, 0.25) is 0 Å². The molecule has 0 aromatic heterocycles. The molecule has 20 heavy (non-hydrogen) atoms. The van der Waals surface area contributed by atoms with Crippen molar-refractivity contribution in [1.82, 2.24) is 4.90 Å². The molecule has 0 saturated heterocycles. The first-order valence-electron chi connectivity index (χ1n) is 7.52. The van der Waals surface area contributed by atoms with Gasteiger partial charge in [0.2, 0.25) is 0 Å². The number of amidine groups is 1. The van der Waals surface area contributed by atoms with Gasteiger partial charge in [-0.1, -0.05) is 6.42 Å². The normalized spacial score (nSPS) is 40.6. The molecule has 3 rings (SSSR count). The van der Waals surface area contributed by atoms with E-state index in [0.717, 1.165) is 12.5 Å². The van der Waals surface area contributed by atoms with Crippen LogP contribution in [-0.2, 0) is 4.74 Å². The molecule has 0 amide bonds. The van der Waals surface area contributed by atoms with Gasteiger partial charge in [-0.3, -0.25) is 0 Å². The lowest BCUT2D eigenvalue weighted by Gasteiger charge is -2.36. The number of fused-ring (bicyclic) bond motifs is 1. The molecule has 6 nitrogen and oxygen atoms in total. The summed E-state index contributed by atoms with van der Waals surface area (Å²) in [5.74, 6) is 0.382. The summed E-state index contributed by atoms with van der Waals surface area (Å²) < 4.78 is 5.84. The Labute approximate surface area is 119 Å². The minimum Gasteiger partial charge on any atom is -0.459 e. The van der Waals surface area contributed by atoms with Gasteiger partial charge in [0.1, 0.15) is 18.2 Å². The molecule has 0 unspecified atom stereocenters. The van der Waals surface area contributed by atoms with Crippen LogP contribution < -0.4 is 0 Å². The molecule has 0 bridgehead atoms. The number of aliphatic hydroxyl groups excluding tert-OH is 3. The number of aliphatic imine (C=N–C) groups is 1. The first kappa shape index (κ1) is 14.1. The second-order valence-electron chi connectivity index (χ2n) is 6.40. The van der Waals surface area contributed by atoms with Gasteiger partial charge in [-0.25, -0.2) is 4.99 Å². The summed E-state index contributed by atoms with van der Waals surface area (Å²) >= 11 is 0. The van der Waals surface area contributed by atoms with Crippen molar-refractivity contribution in [2.75, 3.05) is 20.2 Å². The van der Waals surface area contributed by atoms with E-state index in [1.54, 1.807) is 0 Å². The van der Waals surface area contributed by atoms with Gasteiger partial charge in [0.05, 0.1) is 6.10 Å². The second kappa shape index (κ2) is 5.50. The highest BCUT2D eigenvalue weighted by molar-refractivity contribution is 5.75. The van der Waals surface area contributed by atoms with Crippen molar-refractivity contribution in [2.45, 2.75) is 50.0 Å². The Balaban J connectivity index is 1.65. The van der Waals surface area contributed by atoms with E-state index < -0.39 is 18.2 Å². The standard InChI is InChI=1S/C14H24N2O4/c1-16(6-8-3-2-4-8)14-15-11-10(20-14)5-9(7-17)12(18)13(11)19/h8-13,17-19H,2-7H2,1H3/t9-,10+,11+,12-,13-/m1/s1. The lowest BCUT2D eigenvalue weighted by atomic mass is 9.80. The highest BCUT2D eigenvalue weighted by Gasteiger charge is 2.48. The third-order valence-electron chi connectivity index (χ3n) is 4.93. The van der Waals surface area contributed by atoms with Crippen LogP contribution in [0.1, 0.15) is 25.7 Å². The SMILES string of the molecule is CN(CC1CCC1)C1=N[C@@H]2[C@@H](O)[C@H](O)[C@@H](CO)C[C@@H]2O1. The Hall–Kier alpha value is -0.850. The summed E-state index contributed by atoms with van der Waals surface area (Å²) in [6.07, 6.45) is 2.25. The lowest BCUT2D eigenvalue weighted by molar-refractivity contribution is -0.0955. The maximum atomic E-state index is 10.1. The zero-order valence-corrected chi connectivity index (χ0v) is 11.9. The van der Waals surface area contributed by atoms with E-state index >= 15 is 0 Å². The highest BCUT2D eigenvalue weighted by atomic mass is 16.5. The van der Waals surface area contributed by atoms with Crippen LogP contribution in [0.25, 0.3) is 0 Å². The van der Waals surface area contributed by atoms with Crippen LogP contribution >= 0.6 is 0 Å². The van der Waals surface area contributed by atoms with E-state index in [0.29, 0.717) is 12.4 Å². The third kappa shape index (κ3) is 2.40. The topological polar surface area (TPSA) is 85.5 Å². The quantitative estimate of drug-likeness (QED) is 0.655. The number of aliphatic hydroxyl groups is 3. The molecule has 3 aliphatic rings. The fraction of sp³-hybridized carbons (Fsp3) is 0.929. The Bertz CT molecular complexity index is 385. The summed E-state index contributed by atoms with van der Waals surface area (Å²) in [6.45, 7) is 0.790. The summed E-state index contributed by atoms with van der Waals surface area (Å²) in [5, 5.41) is 29.3. The molecule has 5 atom stereocenters. The van der Waals surface area contributed by atoms with Crippen LogP contribution in [0.5, 0.6) is 0 Å². The number of nitrogens with zero attached hydrogens (tertiary/aromatic N) is 2. The number of ether oxygens (including phenoxy) is 1. The van der Waals surface area contributed by atoms with Crippen molar-refractivity contribution in [3.05, 3.63) is 0 Å². The number of hydrogen-bond donors (Lipinski definition) is 3. The molecule has 0 spiro atoms. The summed E-state index contributed by atoms with van der Waals surface area (Å²) in [6, 6.07) is 0.156. The van der Waals surface area contributed by atoms with E-state index in [1.165, 1.54) is 19.3 Å². The van der Waals surface area contributed by atoms with Gasteiger partial charge in [-0.2, -0.15) is 0 Å². The maximum Gasteiger partial charge on any atom is 0.287 e.